The molecule has 2 atom stereocenters. The van der Waals surface area contributed by atoms with Crippen molar-refractivity contribution in [2.24, 2.45) is 5.92 Å². The lowest BCUT2D eigenvalue weighted by Gasteiger charge is -2.16. The third-order valence-electron chi connectivity index (χ3n) is 4.11. The molecule has 1 saturated heterocycles. The Labute approximate surface area is 130 Å². The van der Waals surface area contributed by atoms with E-state index < -0.39 is 0 Å². The molecule has 0 amide bonds. The maximum Gasteiger partial charge on any atom is 0.123 e. The van der Waals surface area contributed by atoms with Crippen molar-refractivity contribution in [2.45, 2.75) is 19.1 Å². The van der Waals surface area contributed by atoms with Crippen molar-refractivity contribution in [1.82, 2.24) is 0 Å². The van der Waals surface area contributed by atoms with Crippen molar-refractivity contribution >= 4 is 0 Å². The summed E-state index contributed by atoms with van der Waals surface area (Å²) in [6.45, 7) is 2.14. The average molecular weight is 300 g/mol. The number of rotatable bonds is 4. The molecular formula is C18H20O4. The fourth-order valence-corrected chi connectivity index (χ4v) is 2.76. The Hall–Kier alpha value is -2.04. The Balaban J connectivity index is 1.76. The molecule has 0 N–H and O–H groups in total. The van der Waals surface area contributed by atoms with Crippen LogP contribution in [0.5, 0.6) is 11.5 Å². The fraction of sp³-hybridized carbons (Fsp3) is 0.333. The fourth-order valence-electron chi connectivity index (χ4n) is 2.76. The predicted molar refractivity (Wildman–Crippen MR) is 82.8 cm³/mol. The molecule has 2 aromatic rings. The Morgan fingerprint density at radius 1 is 0.682 bits per heavy atom. The van der Waals surface area contributed by atoms with E-state index >= 15 is 0 Å². The van der Waals surface area contributed by atoms with Gasteiger partial charge < -0.3 is 9.47 Å². The minimum Gasteiger partial charge on any atom is -0.497 e. The first-order chi connectivity index (χ1) is 10.7. The zero-order valence-corrected chi connectivity index (χ0v) is 13.0. The van der Waals surface area contributed by atoms with Crippen LogP contribution in [-0.4, -0.2) is 14.2 Å². The zero-order chi connectivity index (χ0) is 15.5. The predicted octanol–water partition coefficient (Wildman–Crippen LogP) is 4.08. The molecule has 0 aromatic heterocycles. The highest BCUT2D eigenvalue weighted by atomic mass is 17.2. The minimum atomic E-state index is -0.0852. The van der Waals surface area contributed by atoms with Crippen molar-refractivity contribution in [1.29, 1.82) is 0 Å². The SMILES string of the molecule is COc1ccc([C@@H]2OO[C@@H](c3ccc(OC)cc3)C2C)cc1. The first-order valence-corrected chi connectivity index (χ1v) is 7.33. The number of ether oxygens (including phenoxy) is 2. The largest absolute Gasteiger partial charge is 0.497 e. The first-order valence-electron chi connectivity index (χ1n) is 7.33. The smallest absolute Gasteiger partial charge is 0.123 e. The lowest BCUT2D eigenvalue weighted by Crippen LogP contribution is -2.09. The maximum absolute atomic E-state index is 5.58. The number of methoxy groups -OCH3 is 2. The van der Waals surface area contributed by atoms with E-state index in [-0.39, 0.29) is 18.1 Å². The van der Waals surface area contributed by atoms with E-state index in [1.807, 2.05) is 48.5 Å². The average Bonchev–Trinajstić information content (AvgIpc) is 2.96. The molecule has 116 valence electrons. The maximum atomic E-state index is 5.58. The van der Waals surface area contributed by atoms with Crippen LogP contribution in [0.15, 0.2) is 48.5 Å². The number of hydrogen-bond donors (Lipinski definition) is 0. The van der Waals surface area contributed by atoms with Gasteiger partial charge in [-0.3, -0.25) is 0 Å². The molecule has 0 bridgehead atoms. The molecule has 1 aliphatic rings. The summed E-state index contributed by atoms with van der Waals surface area (Å²) in [6, 6.07) is 15.8. The van der Waals surface area contributed by atoms with E-state index in [2.05, 4.69) is 6.92 Å². The standard InChI is InChI=1S/C18H20O4/c1-12-17(13-4-8-15(19-2)9-5-13)21-22-18(12)14-6-10-16(20-3)11-7-14/h4-12,17-18H,1-3H3/t17-,18-/m1/s1. The summed E-state index contributed by atoms with van der Waals surface area (Å²) in [5.74, 6) is 1.88. The van der Waals surface area contributed by atoms with Gasteiger partial charge in [0.15, 0.2) is 0 Å². The highest BCUT2D eigenvalue weighted by Gasteiger charge is 2.38. The summed E-state index contributed by atoms with van der Waals surface area (Å²) < 4.78 is 10.4. The van der Waals surface area contributed by atoms with Crippen molar-refractivity contribution in [3.05, 3.63) is 59.7 Å². The second-order valence-corrected chi connectivity index (χ2v) is 5.44. The molecular weight excluding hydrogens is 280 g/mol. The van der Waals surface area contributed by atoms with Crippen molar-refractivity contribution < 1.29 is 19.2 Å². The summed E-state index contributed by atoms with van der Waals surface area (Å²) in [5, 5.41) is 0. The Kier molecular flexibility index (Phi) is 4.32. The molecule has 4 nitrogen and oxygen atoms in total. The highest BCUT2D eigenvalue weighted by Crippen LogP contribution is 2.44. The van der Waals surface area contributed by atoms with E-state index in [0.717, 1.165) is 22.6 Å². The van der Waals surface area contributed by atoms with Crippen LogP contribution in [-0.2, 0) is 9.78 Å². The monoisotopic (exact) mass is 300 g/mol. The molecule has 4 heteroatoms. The van der Waals surface area contributed by atoms with Gasteiger partial charge >= 0.3 is 0 Å². The van der Waals surface area contributed by atoms with Crippen LogP contribution < -0.4 is 9.47 Å². The molecule has 22 heavy (non-hydrogen) atoms. The number of benzene rings is 2. The molecule has 0 aliphatic carbocycles. The van der Waals surface area contributed by atoms with Crippen LogP contribution in [0, 0.1) is 5.92 Å². The van der Waals surface area contributed by atoms with Gasteiger partial charge in [0.05, 0.1) is 14.2 Å². The molecule has 0 saturated carbocycles. The van der Waals surface area contributed by atoms with Crippen molar-refractivity contribution in [3.8, 4) is 11.5 Å². The van der Waals surface area contributed by atoms with E-state index in [1.165, 1.54) is 0 Å². The quantitative estimate of drug-likeness (QED) is 0.797. The van der Waals surface area contributed by atoms with E-state index in [4.69, 9.17) is 19.2 Å². The summed E-state index contributed by atoms with van der Waals surface area (Å²) in [4.78, 5) is 11.2. The molecule has 0 unspecified atom stereocenters. The lowest BCUT2D eigenvalue weighted by atomic mass is 9.89. The molecule has 3 rings (SSSR count). The molecule has 0 radical (unpaired) electrons. The van der Waals surface area contributed by atoms with Crippen LogP contribution in [0.4, 0.5) is 0 Å². The summed E-state index contributed by atoms with van der Waals surface area (Å²) in [7, 11) is 3.32. The first kappa shape index (κ1) is 14.9. The van der Waals surface area contributed by atoms with E-state index in [1.54, 1.807) is 14.2 Å². The van der Waals surface area contributed by atoms with Crippen molar-refractivity contribution in [3.63, 3.8) is 0 Å². The second-order valence-electron chi connectivity index (χ2n) is 5.44. The third-order valence-corrected chi connectivity index (χ3v) is 4.11. The van der Waals surface area contributed by atoms with Crippen LogP contribution in [0.25, 0.3) is 0 Å². The number of hydrogen-bond acceptors (Lipinski definition) is 4. The minimum absolute atomic E-state index is 0.0852. The van der Waals surface area contributed by atoms with Gasteiger partial charge in [0.1, 0.15) is 23.7 Å². The van der Waals surface area contributed by atoms with Gasteiger partial charge in [-0.25, -0.2) is 9.78 Å². The van der Waals surface area contributed by atoms with Crippen LogP contribution in [0.1, 0.15) is 30.3 Å². The summed E-state index contributed by atoms with van der Waals surface area (Å²) in [5.41, 5.74) is 2.17. The van der Waals surface area contributed by atoms with Gasteiger partial charge in [-0.05, 0) is 35.4 Å². The van der Waals surface area contributed by atoms with Gasteiger partial charge in [-0.1, -0.05) is 31.2 Å². The van der Waals surface area contributed by atoms with E-state index in [0.29, 0.717) is 0 Å². The van der Waals surface area contributed by atoms with Gasteiger partial charge in [0.2, 0.25) is 0 Å². The third kappa shape index (κ3) is 2.80. The molecule has 1 fully saturated rings. The molecule has 1 aliphatic heterocycles. The molecule has 1 heterocycles. The van der Waals surface area contributed by atoms with Gasteiger partial charge in [-0.15, -0.1) is 0 Å². The Bertz CT molecular complexity index is 550. The zero-order valence-electron chi connectivity index (χ0n) is 13.0. The Morgan fingerprint density at radius 3 is 1.36 bits per heavy atom. The molecule has 0 spiro atoms. The molecule has 2 aromatic carbocycles. The van der Waals surface area contributed by atoms with Crippen LogP contribution in [0.3, 0.4) is 0 Å². The van der Waals surface area contributed by atoms with Crippen LogP contribution >= 0.6 is 0 Å². The lowest BCUT2D eigenvalue weighted by molar-refractivity contribution is -0.300. The van der Waals surface area contributed by atoms with Gasteiger partial charge in [-0.2, -0.15) is 0 Å². The summed E-state index contributed by atoms with van der Waals surface area (Å²) >= 11 is 0. The van der Waals surface area contributed by atoms with Crippen molar-refractivity contribution in [2.75, 3.05) is 14.2 Å². The van der Waals surface area contributed by atoms with Crippen LogP contribution in [0.2, 0.25) is 0 Å². The normalized spacial score (nSPS) is 21.8. The Morgan fingerprint density at radius 2 is 1.05 bits per heavy atom. The second kappa shape index (κ2) is 6.38. The van der Waals surface area contributed by atoms with Gasteiger partial charge in [0.25, 0.3) is 0 Å². The topological polar surface area (TPSA) is 36.9 Å². The summed E-state index contributed by atoms with van der Waals surface area (Å²) in [6.07, 6.45) is -0.170. The highest BCUT2D eigenvalue weighted by molar-refractivity contribution is 5.32. The van der Waals surface area contributed by atoms with Gasteiger partial charge in [0, 0.05) is 5.92 Å². The van der Waals surface area contributed by atoms with E-state index in [9.17, 15) is 0 Å².